The first kappa shape index (κ1) is 17.3. The van der Waals surface area contributed by atoms with E-state index in [1.165, 1.54) is 23.5 Å². The van der Waals surface area contributed by atoms with Crippen molar-refractivity contribution in [3.05, 3.63) is 54.4 Å². The lowest BCUT2D eigenvalue weighted by Crippen LogP contribution is -2.24. The number of aryl methyl sites for hydroxylation is 1. The number of nitrogens with one attached hydrogen (secondary N) is 2. The molecule has 3 rings (SSSR count). The summed E-state index contributed by atoms with van der Waals surface area (Å²) in [5, 5.41) is 13.6. The number of rotatable bonds is 5. The van der Waals surface area contributed by atoms with Crippen molar-refractivity contribution in [2.75, 3.05) is 10.6 Å². The molecule has 134 valence electrons. The van der Waals surface area contributed by atoms with Gasteiger partial charge in [0.15, 0.2) is 0 Å². The van der Waals surface area contributed by atoms with Crippen LogP contribution in [0.4, 0.5) is 11.4 Å². The van der Waals surface area contributed by atoms with Gasteiger partial charge in [-0.15, -0.1) is 0 Å². The average Bonchev–Trinajstić information content (AvgIpc) is 3.27. The summed E-state index contributed by atoms with van der Waals surface area (Å²) >= 11 is 0. The summed E-state index contributed by atoms with van der Waals surface area (Å²) in [5.41, 5.74) is 2.55. The molecule has 2 heterocycles. The first-order valence-electron chi connectivity index (χ1n) is 8.00. The van der Waals surface area contributed by atoms with Gasteiger partial charge in [-0.1, -0.05) is 0 Å². The van der Waals surface area contributed by atoms with Gasteiger partial charge in [-0.25, -0.2) is 9.67 Å². The lowest BCUT2D eigenvalue weighted by Gasteiger charge is -2.12. The molecular formula is C17H19N7O2. The molecule has 0 aliphatic heterocycles. The highest BCUT2D eigenvalue weighted by Crippen LogP contribution is 2.17. The van der Waals surface area contributed by atoms with Crippen LogP contribution in [0.15, 0.2) is 43.1 Å². The zero-order valence-electron chi connectivity index (χ0n) is 14.7. The van der Waals surface area contributed by atoms with E-state index in [0.29, 0.717) is 16.9 Å². The first-order chi connectivity index (χ1) is 12.5. The summed E-state index contributed by atoms with van der Waals surface area (Å²) in [6.07, 6.45) is 4.40. The van der Waals surface area contributed by atoms with Gasteiger partial charge in [0.1, 0.15) is 18.7 Å². The van der Waals surface area contributed by atoms with Crippen molar-refractivity contribution in [2.45, 2.75) is 19.9 Å². The van der Waals surface area contributed by atoms with Crippen molar-refractivity contribution in [2.24, 2.45) is 7.05 Å². The van der Waals surface area contributed by atoms with E-state index < -0.39 is 6.04 Å². The lowest BCUT2D eigenvalue weighted by molar-refractivity contribution is -0.119. The number of carbonyl (C=O) groups excluding carboxylic acids is 2. The number of hydrogen-bond acceptors (Lipinski definition) is 5. The van der Waals surface area contributed by atoms with E-state index >= 15 is 0 Å². The molecule has 2 aromatic heterocycles. The standard InChI is InChI=1S/C17H19N7O2/c1-11-15(8-19-23(11)3)17(26)22-14-6-4-13(5-7-14)21-16(25)12(2)24-10-18-9-20-24/h4-10,12H,1-3H3,(H,21,25)(H,22,26)/t12-/m1/s1. The van der Waals surface area contributed by atoms with Crippen molar-refractivity contribution in [1.82, 2.24) is 24.5 Å². The molecular weight excluding hydrogens is 334 g/mol. The molecule has 0 bridgehead atoms. The van der Waals surface area contributed by atoms with E-state index in [9.17, 15) is 9.59 Å². The summed E-state index contributed by atoms with van der Waals surface area (Å²) < 4.78 is 3.12. The van der Waals surface area contributed by atoms with Crippen molar-refractivity contribution < 1.29 is 9.59 Å². The van der Waals surface area contributed by atoms with Gasteiger partial charge in [0.05, 0.1) is 11.8 Å². The first-order valence-corrected chi connectivity index (χ1v) is 8.00. The smallest absolute Gasteiger partial charge is 0.259 e. The normalized spacial score (nSPS) is 11.8. The van der Waals surface area contributed by atoms with E-state index in [0.717, 1.165) is 5.69 Å². The van der Waals surface area contributed by atoms with Crippen LogP contribution in [0.1, 0.15) is 29.0 Å². The van der Waals surface area contributed by atoms with Crippen LogP contribution in [-0.2, 0) is 11.8 Å². The van der Waals surface area contributed by atoms with Gasteiger partial charge >= 0.3 is 0 Å². The van der Waals surface area contributed by atoms with Crippen molar-refractivity contribution in [1.29, 1.82) is 0 Å². The van der Waals surface area contributed by atoms with E-state index in [-0.39, 0.29) is 11.8 Å². The van der Waals surface area contributed by atoms with Gasteiger partial charge < -0.3 is 10.6 Å². The van der Waals surface area contributed by atoms with Crippen molar-refractivity contribution in [3.8, 4) is 0 Å². The molecule has 26 heavy (non-hydrogen) atoms. The fraction of sp³-hybridized carbons (Fsp3) is 0.235. The fourth-order valence-corrected chi connectivity index (χ4v) is 2.34. The molecule has 1 aromatic carbocycles. The Bertz CT molecular complexity index is 913. The Morgan fingerprint density at radius 3 is 2.27 bits per heavy atom. The van der Waals surface area contributed by atoms with Crippen molar-refractivity contribution >= 4 is 23.2 Å². The predicted octanol–water partition coefficient (Wildman–Crippen LogP) is 1.77. The minimum Gasteiger partial charge on any atom is -0.324 e. The van der Waals surface area contributed by atoms with Crippen LogP contribution in [-0.4, -0.2) is 36.4 Å². The number of aromatic nitrogens is 5. The molecule has 0 aliphatic rings. The summed E-state index contributed by atoms with van der Waals surface area (Å²) in [5.74, 6) is -0.439. The van der Waals surface area contributed by atoms with Gasteiger partial charge in [0.2, 0.25) is 5.91 Å². The van der Waals surface area contributed by atoms with Crippen LogP contribution < -0.4 is 10.6 Å². The molecule has 0 fully saturated rings. The summed E-state index contributed by atoms with van der Waals surface area (Å²) in [6.45, 7) is 3.56. The maximum atomic E-state index is 12.3. The van der Waals surface area contributed by atoms with Gasteiger partial charge in [-0.3, -0.25) is 14.3 Å². The minimum absolute atomic E-state index is 0.210. The topological polar surface area (TPSA) is 107 Å². The van der Waals surface area contributed by atoms with E-state index in [2.05, 4.69) is 25.8 Å². The zero-order valence-corrected chi connectivity index (χ0v) is 14.7. The summed E-state index contributed by atoms with van der Waals surface area (Å²) in [7, 11) is 1.78. The SMILES string of the molecule is Cc1c(C(=O)Nc2ccc(NC(=O)[C@@H](C)n3cncn3)cc2)cnn1C. The van der Waals surface area contributed by atoms with Crippen LogP contribution in [0.3, 0.4) is 0 Å². The lowest BCUT2D eigenvalue weighted by atomic mass is 10.2. The molecule has 0 spiro atoms. The maximum absolute atomic E-state index is 12.3. The van der Waals surface area contributed by atoms with E-state index in [1.54, 1.807) is 42.9 Å². The number of anilines is 2. The molecule has 2 amide bonds. The average molecular weight is 353 g/mol. The molecule has 0 unspecified atom stereocenters. The third kappa shape index (κ3) is 3.61. The van der Waals surface area contributed by atoms with Crippen LogP contribution in [0.25, 0.3) is 0 Å². The number of nitrogens with zero attached hydrogens (tertiary/aromatic N) is 5. The second kappa shape index (κ2) is 7.18. The van der Waals surface area contributed by atoms with E-state index in [1.807, 2.05) is 6.92 Å². The Labute approximate surface area is 150 Å². The quantitative estimate of drug-likeness (QED) is 0.727. The molecule has 1 atom stereocenters. The third-order valence-corrected chi connectivity index (χ3v) is 4.10. The van der Waals surface area contributed by atoms with Crippen LogP contribution in [0.5, 0.6) is 0 Å². The van der Waals surface area contributed by atoms with Gasteiger partial charge in [0.25, 0.3) is 5.91 Å². The van der Waals surface area contributed by atoms with Gasteiger partial charge in [0, 0.05) is 24.1 Å². The second-order valence-corrected chi connectivity index (χ2v) is 5.84. The second-order valence-electron chi connectivity index (χ2n) is 5.84. The minimum atomic E-state index is -0.481. The van der Waals surface area contributed by atoms with Crippen LogP contribution in [0, 0.1) is 6.92 Å². The maximum Gasteiger partial charge on any atom is 0.259 e. The van der Waals surface area contributed by atoms with E-state index in [4.69, 9.17) is 0 Å². The Kier molecular flexibility index (Phi) is 4.78. The highest BCUT2D eigenvalue weighted by Gasteiger charge is 2.16. The summed E-state index contributed by atoms with van der Waals surface area (Å²) in [4.78, 5) is 28.3. The summed E-state index contributed by atoms with van der Waals surface area (Å²) in [6, 6.07) is 6.40. The predicted molar refractivity (Wildman–Crippen MR) is 95.7 cm³/mol. The Morgan fingerprint density at radius 2 is 1.73 bits per heavy atom. The molecule has 0 saturated carbocycles. The Balaban J connectivity index is 1.62. The number of hydrogen-bond donors (Lipinski definition) is 2. The third-order valence-electron chi connectivity index (χ3n) is 4.10. The molecule has 9 heteroatoms. The van der Waals surface area contributed by atoms with Crippen molar-refractivity contribution in [3.63, 3.8) is 0 Å². The molecule has 0 saturated heterocycles. The monoisotopic (exact) mass is 353 g/mol. The highest BCUT2D eigenvalue weighted by molar-refractivity contribution is 6.05. The van der Waals surface area contributed by atoms with Crippen LogP contribution >= 0.6 is 0 Å². The Morgan fingerprint density at radius 1 is 1.08 bits per heavy atom. The van der Waals surface area contributed by atoms with Crippen LogP contribution in [0.2, 0.25) is 0 Å². The number of benzene rings is 1. The molecule has 3 aromatic rings. The molecule has 0 aliphatic carbocycles. The highest BCUT2D eigenvalue weighted by atomic mass is 16.2. The molecule has 0 radical (unpaired) electrons. The largest absolute Gasteiger partial charge is 0.324 e. The molecule has 2 N–H and O–H groups in total. The molecule has 9 nitrogen and oxygen atoms in total. The van der Waals surface area contributed by atoms with Gasteiger partial charge in [-0.05, 0) is 38.1 Å². The number of carbonyl (C=O) groups is 2. The number of amides is 2. The Hall–Kier alpha value is -3.49. The zero-order chi connectivity index (χ0) is 18.7. The fourth-order valence-electron chi connectivity index (χ4n) is 2.34. The van der Waals surface area contributed by atoms with Gasteiger partial charge in [-0.2, -0.15) is 10.2 Å².